The SMILES string of the molecule is CC(C)c1[nH]nc2c1[C@H](c1ccc(OC3CCCC3)cc1)C(C#N)=C(N)O2. The van der Waals surface area contributed by atoms with E-state index >= 15 is 0 Å². The number of hydrogen-bond acceptors (Lipinski definition) is 5. The number of nitrogens with zero attached hydrogens (tertiary/aromatic N) is 2. The summed E-state index contributed by atoms with van der Waals surface area (Å²) in [6, 6.07) is 10.2. The van der Waals surface area contributed by atoms with E-state index in [0.29, 0.717) is 17.6 Å². The average molecular weight is 364 g/mol. The highest BCUT2D eigenvalue weighted by Crippen LogP contribution is 2.44. The number of fused-ring (bicyclic) bond motifs is 1. The molecule has 1 atom stereocenters. The Morgan fingerprint density at radius 1 is 1.26 bits per heavy atom. The molecular formula is C21H24N4O2. The molecule has 1 saturated carbocycles. The van der Waals surface area contributed by atoms with E-state index in [-0.39, 0.29) is 17.7 Å². The van der Waals surface area contributed by atoms with Crippen LogP contribution in [0.15, 0.2) is 35.7 Å². The monoisotopic (exact) mass is 364 g/mol. The Kier molecular flexibility index (Phi) is 4.53. The number of nitrogens with one attached hydrogen (secondary N) is 1. The van der Waals surface area contributed by atoms with Gasteiger partial charge in [-0.3, -0.25) is 5.10 Å². The zero-order valence-corrected chi connectivity index (χ0v) is 15.7. The standard InChI is InChI=1S/C21H24N4O2/c1-12(2)19-18-17(16(11-22)20(23)27-21(18)25-24-19)13-7-9-15(10-8-13)26-14-5-3-4-6-14/h7-10,12,14,17H,3-6,23H2,1-2H3,(H,24,25)/t17-/m1/s1. The molecule has 0 saturated heterocycles. The molecule has 6 nitrogen and oxygen atoms in total. The van der Waals surface area contributed by atoms with Crippen molar-refractivity contribution in [2.24, 2.45) is 5.73 Å². The molecule has 27 heavy (non-hydrogen) atoms. The van der Waals surface area contributed by atoms with Gasteiger partial charge in [0.05, 0.1) is 17.6 Å². The Hall–Kier alpha value is -2.94. The molecule has 1 aliphatic heterocycles. The maximum atomic E-state index is 9.71. The van der Waals surface area contributed by atoms with Gasteiger partial charge in [-0.15, -0.1) is 5.10 Å². The van der Waals surface area contributed by atoms with E-state index in [1.54, 1.807) is 0 Å². The number of nitriles is 1. The minimum absolute atomic E-state index is 0.114. The molecule has 1 fully saturated rings. The zero-order valence-electron chi connectivity index (χ0n) is 15.7. The van der Waals surface area contributed by atoms with Crippen LogP contribution >= 0.6 is 0 Å². The maximum Gasteiger partial charge on any atom is 0.244 e. The Balaban J connectivity index is 1.71. The van der Waals surface area contributed by atoms with Gasteiger partial charge in [0.2, 0.25) is 11.8 Å². The van der Waals surface area contributed by atoms with Gasteiger partial charge in [0.25, 0.3) is 0 Å². The number of aromatic amines is 1. The van der Waals surface area contributed by atoms with Gasteiger partial charge in [-0.25, -0.2) is 0 Å². The lowest BCUT2D eigenvalue weighted by atomic mass is 9.82. The molecular weight excluding hydrogens is 340 g/mol. The average Bonchev–Trinajstić information content (AvgIpc) is 3.31. The molecule has 0 unspecified atom stereocenters. The highest BCUT2D eigenvalue weighted by Gasteiger charge is 2.35. The number of allylic oxidation sites excluding steroid dienone is 1. The third kappa shape index (κ3) is 3.14. The van der Waals surface area contributed by atoms with Crippen LogP contribution in [0.3, 0.4) is 0 Å². The number of rotatable bonds is 4. The topological polar surface area (TPSA) is 97.0 Å². The summed E-state index contributed by atoms with van der Waals surface area (Å²) in [5.41, 5.74) is 9.25. The van der Waals surface area contributed by atoms with Crippen molar-refractivity contribution in [3.05, 3.63) is 52.5 Å². The molecule has 4 rings (SSSR count). The zero-order chi connectivity index (χ0) is 19.0. The summed E-state index contributed by atoms with van der Waals surface area (Å²) < 4.78 is 11.7. The Labute approximate surface area is 159 Å². The van der Waals surface area contributed by atoms with Gasteiger partial charge in [-0.2, -0.15) is 5.26 Å². The number of benzene rings is 1. The van der Waals surface area contributed by atoms with Crippen molar-refractivity contribution < 1.29 is 9.47 Å². The summed E-state index contributed by atoms with van der Waals surface area (Å²) in [7, 11) is 0. The molecule has 3 N–H and O–H groups in total. The second-order valence-corrected chi connectivity index (χ2v) is 7.53. The predicted molar refractivity (Wildman–Crippen MR) is 101 cm³/mol. The van der Waals surface area contributed by atoms with Crippen LogP contribution in [0.4, 0.5) is 0 Å². The van der Waals surface area contributed by atoms with Crippen LogP contribution in [0.2, 0.25) is 0 Å². The second kappa shape index (κ2) is 6.99. The van der Waals surface area contributed by atoms with Crippen molar-refractivity contribution in [2.45, 2.75) is 57.5 Å². The Morgan fingerprint density at radius 2 is 1.96 bits per heavy atom. The fourth-order valence-electron chi connectivity index (χ4n) is 3.98. The smallest absolute Gasteiger partial charge is 0.244 e. The number of hydrogen-bond donors (Lipinski definition) is 2. The number of aromatic nitrogens is 2. The summed E-state index contributed by atoms with van der Waals surface area (Å²) in [5.74, 6) is 1.35. The van der Waals surface area contributed by atoms with E-state index in [2.05, 4.69) is 30.1 Å². The molecule has 0 spiro atoms. The van der Waals surface area contributed by atoms with E-state index in [9.17, 15) is 5.26 Å². The molecule has 2 aliphatic rings. The fraction of sp³-hybridized carbons (Fsp3) is 0.429. The summed E-state index contributed by atoms with van der Waals surface area (Å²) in [6.07, 6.45) is 5.03. The van der Waals surface area contributed by atoms with Crippen molar-refractivity contribution in [1.29, 1.82) is 5.26 Å². The van der Waals surface area contributed by atoms with Crippen molar-refractivity contribution in [3.63, 3.8) is 0 Å². The van der Waals surface area contributed by atoms with Crippen molar-refractivity contribution >= 4 is 0 Å². The fourth-order valence-corrected chi connectivity index (χ4v) is 3.98. The molecule has 1 aromatic carbocycles. The van der Waals surface area contributed by atoms with Crippen LogP contribution in [0, 0.1) is 11.3 Å². The first-order valence-electron chi connectivity index (χ1n) is 9.50. The minimum Gasteiger partial charge on any atom is -0.490 e. The number of ether oxygens (including phenoxy) is 2. The normalized spacial score (nSPS) is 19.7. The molecule has 2 heterocycles. The first-order chi connectivity index (χ1) is 13.1. The van der Waals surface area contributed by atoms with E-state index in [1.165, 1.54) is 12.8 Å². The summed E-state index contributed by atoms with van der Waals surface area (Å²) in [5, 5.41) is 17.0. The van der Waals surface area contributed by atoms with Crippen LogP contribution in [0.25, 0.3) is 0 Å². The lowest BCUT2D eigenvalue weighted by molar-refractivity contribution is 0.210. The second-order valence-electron chi connectivity index (χ2n) is 7.53. The van der Waals surface area contributed by atoms with Crippen molar-refractivity contribution in [3.8, 4) is 17.7 Å². The summed E-state index contributed by atoms with van der Waals surface area (Å²) in [6.45, 7) is 4.16. The van der Waals surface area contributed by atoms with Gasteiger partial charge in [0, 0.05) is 5.69 Å². The first kappa shape index (κ1) is 17.5. The molecule has 0 bridgehead atoms. The lowest BCUT2D eigenvalue weighted by Gasteiger charge is -2.25. The predicted octanol–water partition coefficient (Wildman–Crippen LogP) is 4.07. The van der Waals surface area contributed by atoms with E-state index < -0.39 is 0 Å². The van der Waals surface area contributed by atoms with Gasteiger partial charge in [0.1, 0.15) is 17.4 Å². The highest BCUT2D eigenvalue weighted by molar-refractivity contribution is 5.56. The molecule has 2 aromatic rings. The molecule has 0 radical (unpaired) electrons. The third-order valence-electron chi connectivity index (χ3n) is 5.36. The highest BCUT2D eigenvalue weighted by atomic mass is 16.5. The van der Waals surface area contributed by atoms with Crippen LogP contribution < -0.4 is 15.2 Å². The van der Waals surface area contributed by atoms with Gasteiger partial charge < -0.3 is 15.2 Å². The molecule has 6 heteroatoms. The van der Waals surface area contributed by atoms with Crippen LogP contribution in [0.5, 0.6) is 11.6 Å². The third-order valence-corrected chi connectivity index (χ3v) is 5.36. The van der Waals surface area contributed by atoms with Crippen LogP contribution in [-0.2, 0) is 0 Å². The summed E-state index contributed by atoms with van der Waals surface area (Å²) >= 11 is 0. The molecule has 1 aromatic heterocycles. The van der Waals surface area contributed by atoms with Gasteiger partial charge >= 0.3 is 0 Å². The van der Waals surface area contributed by atoms with E-state index in [4.69, 9.17) is 15.2 Å². The lowest BCUT2D eigenvalue weighted by Crippen LogP contribution is -2.21. The minimum atomic E-state index is -0.296. The molecule has 140 valence electrons. The molecule has 1 aliphatic carbocycles. The van der Waals surface area contributed by atoms with Crippen LogP contribution in [0.1, 0.15) is 68.2 Å². The maximum absolute atomic E-state index is 9.71. The van der Waals surface area contributed by atoms with Gasteiger partial charge in [-0.05, 0) is 49.3 Å². The molecule has 0 amide bonds. The van der Waals surface area contributed by atoms with Crippen LogP contribution in [-0.4, -0.2) is 16.3 Å². The van der Waals surface area contributed by atoms with E-state index in [0.717, 1.165) is 35.4 Å². The van der Waals surface area contributed by atoms with E-state index in [1.807, 2.05) is 24.3 Å². The number of H-pyrrole nitrogens is 1. The van der Waals surface area contributed by atoms with Gasteiger partial charge in [0.15, 0.2) is 0 Å². The van der Waals surface area contributed by atoms with Crippen molar-refractivity contribution in [1.82, 2.24) is 10.2 Å². The Bertz CT molecular complexity index is 899. The van der Waals surface area contributed by atoms with Gasteiger partial charge in [-0.1, -0.05) is 26.0 Å². The summed E-state index contributed by atoms with van der Waals surface area (Å²) in [4.78, 5) is 0. The number of nitrogens with two attached hydrogens (primary N) is 1. The van der Waals surface area contributed by atoms with Crippen molar-refractivity contribution in [2.75, 3.05) is 0 Å². The first-order valence-corrected chi connectivity index (χ1v) is 9.50. The largest absolute Gasteiger partial charge is 0.490 e. The Morgan fingerprint density at radius 3 is 2.59 bits per heavy atom. The quantitative estimate of drug-likeness (QED) is 0.852.